The Bertz CT molecular complexity index is 947. The highest BCUT2D eigenvalue weighted by Crippen LogP contribution is 2.16. The van der Waals surface area contributed by atoms with Crippen molar-refractivity contribution in [3.8, 4) is 0 Å². The zero-order valence-corrected chi connectivity index (χ0v) is 16.3. The quantitative estimate of drug-likeness (QED) is 0.775. The Balaban J connectivity index is 1.74. The van der Waals surface area contributed by atoms with Gasteiger partial charge < -0.3 is 4.90 Å². The fourth-order valence-corrected chi connectivity index (χ4v) is 4.33. The van der Waals surface area contributed by atoms with Crippen LogP contribution in [0.15, 0.2) is 24.3 Å². The van der Waals surface area contributed by atoms with Crippen LogP contribution in [0.1, 0.15) is 21.7 Å². The van der Waals surface area contributed by atoms with Gasteiger partial charge in [-0.05, 0) is 19.1 Å². The van der Waals surface area contributed by atoms with Crippen LogP contribution in [0, 0.1) is 18.6 Å². The summed E-state index contributed by atoms with van der Waals surface area (Å²) >= 11 is 0. The van der Waals surface area contributed by atoms with Gasteiger partial charge in [-0.2, -0.15) is 5.10 Å². The van der Waals surface area contributed by atoms with Crippen molar-refractivity contribution in [3.05, 3.63) is 52.9 Å². The van der Waals surface area contributed by atoms with Gasteiger partial charge in [-0.15, -0.1) is 0 Å². The molecule has 152 valence electrons. The van der Waals surface area contributed by atoms with Crippen LogP contribution in [-0.4, -0.2) is 72.0 Å². The lowest BCUT2D eigenvalue weighted by atomic mass is 10.1. The number of sulfone groups is 1. The van der Waals surface area contributed by atoms with Gasteiger partial charge in [0.05, 0.1) is 11.5 Å². The van der Waals surface area contributed by atoms with E-state index in [1.54, 1.807) is 13.0 Å². The Hall–Kier alpha value is -2.33. The SMILES string of the molecule is Cc1cc(C(=O)N(CCN2CCS(=O)(=O)CC2)Cc2cccc(F)c2F)n[nH]1. The minimum absolute atomic E-state index is 0.0711. The van der Waals surface area contributed by atoms with Gasteiger partial charge in [-0.1, -0.05) is 12.1 Å². The maximum absolute atomic E-state index is 14.1. The van der Waals surface area contributed by atoms with E-state index in [9.17, 15) is 22.0 Å². The molecule has 0 spiro atoms. The maximum Gasteiger partial charge on any atom is 0.274 e. The minimum atomic E-state index is -3.00. The highest BCUT2D eigenvalue weighted by Gasteiger charge is 2.25. The molecule has 1 fully saturated rings. The van der Waals surface area contributed by atoms with Crippen molar-refractivity contribution in [2.45, 2.75) is 13.5 Å². The second kappa shape index (κ2) is 8.36. The van der Waals surface area contributed by atoms with E-state index in [1.807, 2.05) is 4.90 Å². The molecule has 0 saturated carbocycles. The number of nitrogens with one attached hydrogen (secondary N) is 1. The summed E-state index contributed by atoms with van der Waals surface area (Å²) in [6.45, 7) is 3.09. The summed E-state index contributed by atoms with van der Waals surface area (Å²) in [6.07, 6.45) is 0. The first-order valence-corrected chi connectivity index (χ1v) is 10.7. The molecule has 28 heavy (non-hydrogen) atoms. The number of amides is 1. The highest BCUT2D eigenvalue weighted by molar-refractivity contribution is 7.91. The van der Waals surface area contributed by atoms with E-state index in [0.29, 0.717) is 25.3 Å². The molecule has 1 aliphatic rings. The number of nitrogens with zero attached hydrogens (tertiary/aromatic N) is 3. The number of aryl methyl sites for hydroxylation is 1. The molecule has 0 atom stereocenters. The molecular formula is C18H22F2N4O3S. The molecule has 10 heteroatoms. The molecule has 1 N–H and O–H groups in total. The van der Waals surface area contributed by atoms with Gasteiger partial charge in [0, 0.05) is 44.0 Å². The Labute approximate surface area is 162 Å². The van der Waals surface area contributed by atoms with Crippen LogP contribution in [0.3, 0.4) is 0 Å². The number of aromatic amines is 1. The standard InChI is InChI=1S/C18H22F2N4O3S/c1-13-11-16(22-21-13)18(25)24(12-14-3-2-4-15(19)17(14)20)6-5-23-7-9-28(26,27)10-8-23/h2-4,11H,5-10,12H2,1H3,(H,21,22). The number of hydrogen-bond acceptors (Lipinski definition) is 5. The highest BCUT2D eigenvalue weighted by atomic mass is 32.2. The lowest BCUT2D eigenvalue weighted by Crippen LogP contribution is -2.45. The summed E-state index contributed by atoms with van der Waals surface area (Å²) < 4.78 is 50.8. The Kier molecular flexibility index (Phi) is 6.09. The summed E-state index contributed by atoms with van der Waals surface area (Å²) in [7, 11) is -3.00. The summed E-state index contributed by atoms with van der Waals surface area (Å²) in [5.74, 6) is -2.20. The maximum atomic E-state index is 14.1. The van der Waals surface area contributed by atoms with E-state index < -0.39 is 27.4 Å². The average molecular weight is 412 g/mol. The summed E-state index contributed by atoms with van der Waals surface area (Å²) in [5.41, 5.74) is 0.971. The fraction of sp³-hybridized carbons (Fsp3) is 0.444. The zero-order valence-electron chi connectivity index (χ0n) is 15.5. The first-order chi connectivity index (χ1) is 13.2. The molecule has 2 heterocycles. The van der Waals surface area contributed by atoms with Crippen molar-refractivity contribution < 1.29 is 22.0 Å². The lowest BCUT2D eigenvalue weighted by molar-refractivity contribution is 0.0715. The van der Waals surface area contributed by atoms with Gasteiger partial charge in [-0.25, -0.2) is 17.2 Å². The van der Waals surface area contributed by atoms with Crippen LogP contribution in [0.25, 0.3) is 0 Å². The largest absolute Gasteiger partial charge is 0.332 e. The predicted octanol–water partition coefficient (Wildman–Crippen LogP) is 1.37. The molecule has 1 amide bonds. The van der Waals surface area contributed by atoms with E-state index in [1.165, 1.54) is 17.0 Å². The van der Waals surface area contributed by atoms with E-state index in [0.717, 1.165) is 6.07 Å². The minimum Gasteiger partial charge on any atom is -0.332 e. The van der Waals surface area contributed by atoms with Gasteiger partial charge in [0.2, 0.25) is 0 Å². The second-order valence-corrected chi connectivity index (χ2v) is 9.17. The van der Waals surface area contributed by atoms with Crippen LogP contribution in [-0.2, 0) is 16.4 Å². The van der Waals surface area contributed by atoms with Crippen LogP contribution in [0.4, 0.5) is 8.78 Å². The number of carbonyl (C=O) groups is 1. The Morgan fingerprint density at radius 2 is 2.00 bits per heavy atom. The molecule has 0 radical (unpaired) electrons. The molecule has 0 aliphatic carbocycles. The van der Waals surface area contributed by atoms with Crippen molar-refractivity contribution in [1.82, 2.24) is 20.0 Å². The Morgan fingerprint density at radius 1 is 1.29 bits per heavy atom. The molecule has 1 aromatic carbocycles. The molecule has 1 saturated heterocycles. The molecule has 7 nitrogen and oxygen atoms in total. The number of aromatic nitrogens is 2. The third kappa shape index (κ3) is 4.93. The number of H-pyrrole nitrogens is 1. The number of hydrogen-bond donors (Lipinski definition) is 1. The second-order valence-electron chi connectivity index (χ2n) is 6.87. The van der Waals surface area contributed by atoms with Crippen molar-refractivity contribution in [1.29, 1.82) is 0 Å². The van der Waals surface area contributed by atoms with E-state index in [2.05, 4.69) is 10.2 Å². The van der Waals surface area contributed by atoms with Crippen molar-refractivity contribution in [3.63, 3.8) is 0 Å². The van der Waals surface area contributed by atoms with Gasteiger partial charge in [0.25, 0.3) is 5.91 Å². The fourth-order valence-electron chi connectivity index (χ4n) is 3.05. The Morgan fingerprint density at radius 3 is 2.64 bits per heavy atom. The first-order valence-electron chi connectivity index (χ1n) is 8.92. The topological polar surface area (TPSA) is 86.4 Å². The normalized spacial score (nSPS) is 16.8. The van der Waals surface area contributed by atoms with E-state index >= 15 is 0 Å². The van der Waals surface area contributed by atoms with Crippen LogP contribution in [0.5, 0.6) is 0 Å². The summed E-state index contributed by atoms with van der Waals surface area (Å²) in [6, 6.07) is 5.44. The number of benzene rings is 1. The van der Waals surface area contributed by atoms with Crippen molar-refractivity contribution in [2.75, 3.05) is 37.7 Å². The van der Waals surface area contributed by atoms with E-state index in [4.69, 9.17) is 0 Å². The van der Waals surface area contributed by atoms with Crippen molar-refractivity contribution >= 4 is 15.7 Å². The van der Waals surface area contributed by atoms with Gasteiger partial charge >= 0.3 is 0 Å². The van der Waals surface area contributed by atoms with Crippen LogP contribution < -0.4 is 0 Å². The summed E-state index contributed by atoms with van der Waals surface area (Å²) in [5, 5.41) is 6.65. The molecule has 1 aliphatic heterocycles. The molecular weight excluding hydrogens is 390 g/mol. The zero-order chi connectivity index (χ0) is 20.3. The molecule has 3 rings (SSSR count). The third-order valence-electron chi connectivity index (χ3n) is 4.73. The van der Waals surface area contributed by atoms with Gasteiger partial charge in [0.1, 0.15) is 5.69 Å². The third-order valence-corrected chi connectivity index (χ3v) is 6.34. The summed E-state index contributed by atoms with van der Waals surface area (Å²) in [4.78, 5) is 16.2. The van der Waals surface area contributed by atoms with Crippen LogP contribution >= 0.6 is 0 Å². The molecule has 2 aromatic rings. The first kappa shape index (κ1) is 20.4. The van der Waals surface area contributed by atoms with Gasteiger partial charge in [-0.3, -0.25) is 14.8 Å². The van der Waals surface area contributed by atoms with Gasteiger partial charge in [0.15, 0.2) is 21.5 Å². The number of halogens is 2. The van der Waals surface area contributed by atoms with Crippen LogP contribution in [0.2, 0.25) is 0 Å². The monoisotopic (exact) mass is 412 g/mol. The smallest absolute Gasteiger partial charge is 0.274 e. The molecule has 0 bridgehead atoms. The average Bonchev–Trinajstić information content (AvgIpc) is 3.09. The van der Waals surface area contributed by atoms with Crippen molar-refractivity contribution in [2.24, 2.45) is 0 Å². The lowest BCUT2D eigenvalue weighted by Gasteiger charge is -2.30. The molecule has 0 unspecified atom stereocenters. The number of carbonyl (C=O) groups excluding carboxylic acids is 1. The van der Waals surface area contributed by atoms with E-state index in [-0.39, 0.29) is 35.9 Å². The number of rotatable bonds is 6. The predicted molar refractivity (Wildman–Crippen MR) is 99.5 cm³/mol. The molecule has 1 aromatic heterocycles.